The van der Waals surface area contributed by atoms with Gasteiger partial charge in [-0.15, -0.1) is 37.7 Å². The molecule has 0 nitrogen and oxygen atoms in total. The average Bonchev–Trinajstić information content (AvgIpc) is 2.83. The minimum Gasteiger partial charge on any atom is -0.273 e. The molecular formula is C12H18Cl2SiZr. The van der Waals surface area contributed by atoms with Gasteiger partial charge in [0.25, 0.3) is 0 Å². The monoisotopic (exact) mass is 350 g/mol. The fourth-order valence-electron chi connectivity index (χ4n) is 0.680. The van der Waals surface area contributed by atoms with Crippen LogP contribution in [0.15, 0.2) is 36.5 Å². The number of allylic oxidation sites excluding steroid dienone is 8. The Morgan fingerprint density at radius 3 is 1.31 bits per heavy atom. The fourth-order valence-corrected chi connectivity index (χ4v) is 0.680. The zero-order chi connectivity index (χ0) is 10.6. The van der Waals surface area contributed by atoms with E-state index in [0.29, 0.717) is 0 Å². The molecule has 0 saturated heterocycles. The van der Waals surface area contributed by atoms with E-state index in [0.717, 1.165) is 12.8 Å². The van der Waals surface area contributed by atoms with E-state index in [2.05, 4.69) is 37.4 Å². The maximum atomic E-state index is 2.99. The van der Waals surface area contributed by atoms with Crippen molar-refractivity contribution in [2.24, 2.45) is 0 Å². The van der Waals surface area contributed by atoms with Gasteiger partial charge >= 0.3 is 41.9 Å². The minimum absolute atomic E-state index is 0. The van der Waals surface area contributed by atoms with Crippen molar-refractivity contribution >= 4 is 30.2 Å². The molecule has 88 valence electrons. The van der Waals surface area contributed by atoms with Crippen LogP contribution in [0.5, 0.6) is 0 Å². The predicted molar refractivity (Wildman–Crippen MR) is 75.1 cm³/mol. The molecule has 0 saturated carbocycles. The van der Waals surface area contributed by atoms with Gasteiger partial charge in [-0.1, -0.05) is 0 Å². The van der Waals surface area contributed by atoms with Crippen LogP contribution in [0.25, 0.3) is 0 Å². The van der Waals surface area contributed by atoms with Crippen molar-refractivity contribution < 1.29 is 23.3 Å². The summed E-state index contributed by atoms with van der Waals surface area (Å²) in [5.41, 5.74) is 0.210. The van der Waals surface area contributed by atoms with Gasteiger partial charge in [0.1, 0.15) is 0 Å². The van der Waals surface area contributed by atoms with Crippen molar-refractivity contribution in [1.82, 2.24) is 0 Å². The van der Waals surface area contributed by atoms with Crippen LogP contribution in [-0.4, -0.2) is 5.43 Å². The minimum atomic E-state index is 0. The van der Waals surface area contributed by atoms with E-state index in [1.54, 1.807) is 23.3 Å². The molecule has 2 aliphatic rings. The van der Waals surface area contributed by atoms with Gasteiger partial charge in [0.15, 0.2) is 0 Å². The summed E-state index contributed by atoms with van der Waals surface area (Å²) in [6.45, 7) is 4.62. The van der Waals surface area contributed by atoms with Gasteiger partial charge < -0.3 is 0 Å². The third kappa shape index (κ3) is 24.1. The quantitative estimate of drug-likeness (QED) is 0.452. The first-order valence-corrected chi connectivity index (χ1v) is 10.9. The van der Waals surface area contributed by atoms with E-state index in [-0.39, 0.29) is 30.2 Å². The zero-order valence-corrected chi connectivity index (χ0v) is 14.8. The molecule has 0 amide bonds. The Bertz CT molecular complexity index is 222. The first-order valence-electron chi connectivity index (χ1n) is 4.68. The van der Waals surface area contributed by atoms with E-state index < -0.39 is 0 Å². The first-order chi connectivity index (χ1) is 6.73. The van der Waals surface area contributed by atoms with E-state index in [1.807, 2.05) is 24.3 Å². The summed E-state index contributed by atoms with van der Waals surface area (Å²) in [6.07, 6.45) is 20.0. The summed E-state index contributed by atoms with van der Waals surface area (Å²) < 4.78 is 0. The second-order valence-corrected chi connectivity index (χ2v) is 12.4. The summed E-state index contributed by atoms with van der Waals surface area (Å²) in [5.74, 6) is 0. The third-order valence-corrected chi connectivity index (χ3v) is 1.17. The zero-order valence-electron chi connectivity index (χ0n) is 9.69. The Kier molecular flexibility index (Phi) is 24.6. The number of rotatable bonds is 0. The van der Waals surface area contributed by atoms with Crippen molar-refractivity contribution in [1.29, 1.82) is 0 Å². The Labute approximate surface area is 127 Å². The molecule has 0 spiro atoms. The predicted octanol–water partition coefficient (Wildman–Crippen LogP) is 4.24. The number of halogens is 2. The second kappa shape index (κ2) is 18.0. The Morgan fingerprint density at radius 2 is 1.25 bits per heavy atom. The molecule has 2 rings (SSSR count). The molecule has 0 N–H and O–H groups in total. The molecule has 0 bridgehead atoms. The first kappa shape index (κ1) is 21.9. The molecule has 0 aliphatic heterocycles. The van der Waals surface area contributed by atoms with Crippen LogP contribution >= 0.6 is 24.8 Å². The third-order valence-electron chi connectivity index (χ3n) is 1.17. The molecule has 16 heavy (non-hydrogen) atoms. The van der Waals surface area contributed by atoms with Crippen LogP contribution in [0, 0.1) is 12.2 Å². The largest absolute Gasteiger partial charge is 0.273 e. The smallest absolute Gasteiger partial charge is 0.109 e. The molecule has 0 fully saturated rings. The topological polar surface area (TPSA) is 0 Å². The summed E-state index contributed by atoms with van der Waals surface area (Å²) >= 11 is 1.74. The second-order valence-electron chi connectivity index (χ2n) is 3.01. The van der Waals surface area contributed by atoms with Gasteiger partial charge in [-0.05, 0) is 0 Å². The summed E-state index contributed by atoms with van der Waals surface area (Å²) in [4.78, 5) is 0. The van der Waals surface area contributed by atoms with E-state index >= 15 is 0 Å². The molecule has 2 aliphatic carbocycles. The normalized spacial score (nSPS) is 12.8. The van der Waals surface area contributed by atoms with Gasteiger partial charge in [0.2, 0.25) is 0 Å². The van der Waals surface area contributed by atoms with Gasteiger partial charge in [0.05, 0.1) is 0 Å². The number of hydrogen-bond acceptors (Lipinski definition) is 0. The molecule has 0 heterocycles. The molecule has 0 aromatic rings. The van der Waals surface area contributed by atoms with Crippen LogP contribution in [-0.2, 0) is 23.3 Å². The van der Waals surface area contributed by atoms with Gasteiger partial charge in [-0.2, -0.15) is 12.2 Å². The standard InChI is InChI=1S/2C5H5.C2H6Si.2ClH.Zr/c2*1-2-4-5-3-1;1-3-2;;;/h2*1-3H,4H2;1-2H3;2*1H;/q2*-1;;;;+2. The van der Waals surface area contributed by atoms with E-state index in [9.17, 15) is 0 Å². The molecule has 0 aromatic heterocycles. The van der Waals surface area contributed by atoms with Crippen LogP contribution in [0.1, 0.15) is 12.8 Å². The Morgan fingerprint density at radius 1 is 0.938 bits per heavy atom. The Balaban J connectivity index is -0.000000151. The average molecular weight is 352 g/mol. The fraction of sp³-hybridized carbons (Fsp3) is 0.333. The van der Waals surface area contributed by atoms with Crippen LogP contribution in [0.4, 0.5) is 0 Å². The van der Waals surface area contributed by atoms with Crippen molar-refractivity contribution in [3.8, 4) is 0 Å². The SMILES string of the molecule is C[Si](C)=[Zr+2].Cl.Cl.[C-]1=CC=CC1.[C-]1=CC=CC1. The van der Waals surface area contributed by atoms with Crippen molar-refractivity contribution in [2.75, 3.05) is 0 Å². The molecule has 0 aromatic carbocycles. The molecular weight excluding hydrogens is 334 g/mol. The van der Waals surface area contributed by atoms with Crippen LogP contribution in [0.3, 0.4) is 0 Å². The van der Waals surface area contributed by atoms with Gasteiger partial charge in [-0.25, -0.2) is 24.3 Å². The summed E-state index contributed by atoms with van der Waals surface area (Å²) in [5, 5.41) is 0. The number of hydrogen-bond donors (Lipinski definition) is 0. The van der Waals surface area contributed by atoms with Crippen molar-refractivity contribution in [2.45, 2.75) is 25.9 Å². The van der Waals surface area contributed by atoms with Gasteiger partial charge in [0, 0.05) is 0 Å². The molecule has 0 atom stereocenters. The van der Waals surface area contributed by atoms with Crippen LogP contribution in [0.2, 0.25) is 13.1 Å². The van der Waals surface area contributed by atoms with Crippen LogP contribution < -0.4 is 0 Å². The molecule has 0 unspecified atom stereocenters. The van der Waals surface area contributed by atoms with Crippen molar-refractivity contribution in [3.05, 3.63) is 48.6 Å². The maximum absolute atomic E-state index is 2.99. The van der Waals surface area contributed by atoms with Crippen molar-refractivity contribution in [3.63, 3.8) is 0 Å². The molecule has 0 radical (unpaired) electrons. The van der Waals surface area contributed by atoms with E-state index in [4.69, 9.17) is 0 Å². The summed E-state index contributed by atoms with van der Waals surface area (Å²) in [6, 6.07) is 0. The molecule has 4 heteroatoms. The van der Waals surface area contributed by atoms with E-state index in [1.165, 1.54) is 0 Å². The van der Waals surface area contributed by atoms with Gasteiger partial charge in [-0.3, -0.25) is 12.2 Å². The Hall–Kier alpha value is 0.640. The maximum Gasteiger partial charge on any atom is -0.109 e. The summed E-state index contributed by atoms with van der Waals surface area (Å²) in [7, 11) is 0.